The van der Waals surface area contributed by atoms with Gasteiger partial charge >= 0.3 is 5.97 Å². The smallest absolute Gasteiger partial charge is 0.359 e. The molecule has 0 aliphatic heterocycles. The zero-order valence-corrected chi connectivity index (χ0v) is 11.6. The summed E-state index contributed by atoms with van der Waals surface area (Å²) in [7, 11) is 0. The van der Waals surface area contributed by atoms with E-state index in [9.17, 15) is 4.79 Å². The molecule has 0 aromatic carbocycles. The second-order valence-electron chi connectivity index (χ2n) is 5.73. The Bertz CT molecular complexity index is 467. The highest BCUT2D eigenvalue weighted by molar-refractivity contribution is 5.89. The molecule has 1 fully saturated rings. The maximum Gasteiger partial charge on any atom is 0.359 e. The minimum absolute atomic E-state index is 0.271. The average molecular weight is 262 g/mol. The van der Waals surface area contributed by atoms with Gasteiger partial charge in [0.15, 0.2) is 5.69 Å². The maximum absolute atomic E-state index is 11.9. The number of hydrogen-bond donors (Lipinski definition) is 1. The van der Waals surface area contributed by atoms with Gasteiger partial charge in [0.1, 0.15) is 0 Å². The quantitative estimate of drug-likeness (QED) is 0.833. The van der Waals surface area contributed by atoms with Crippen molar-refractivity contribution in [3.05, 3.63) is 17.0 Å². The van der Waals surface area contributed by atoms with Gasteiger partial charge in [-0.1, -0.05) is 19.3 Å². The molecule has 0 radical (unpaired) electrons. The molecule has 0 saturated heterocycles. The molecular weight excluding hydrogens is 240 g/mol. The monoisotopic (exact) mass is 262 g/mol. The molecule has 0 spiro atoms. The third-order valence-electron chi connectivity index (χ3n) is 4.66. The van der Waals surface area contributed by atoms with E-state index in [1.54, 1.807) is 0 Å². The molecule has 1 aromatic heterocycles. The van der Waals surface area contributed by atoms with Gasteiger partial charge in [-0.2, -0.15) is 5.10 Å². The Labute approximate surface area is 113 Å². The lowest BCUT2D eigenvalue weighted by Gasteiger charge is -2.29. The molecule has 104 valence electrons. The minimum Gasteiger partial charge on any atom is -0.461 e. The van der Waals surface area contributed by atoms with Crippen molar-refractivity contribution in [1.29, 1.82) is 0 Å². The number of fused-ring (bicyclic) bond motifs is 3. The van der Waals surface area contributed by atoms with Crippen molar-refractivity contribution in [2.24, 2.45) is 5.92 Å². The van der Waals surface area contributed by atoms with Gasteiger partial charge < -0.3 is 4.74 Å². The van der Waals surface area contributed by atoms with E-state index in [1.807, 2.05) is 6.92 Å². The Hall–Kier alpha value is -1.32. The van der Waals surface area contributed by atoms with Crippen LogP contribution in [0, 0.1) is 5.92 Å². The van der Waals surface area contributed by atoms with Crippen LogP contribution < -0.4 is 0 Å². The molecule has 1 aromatic rings. The van der Waals surface area contributed by atoms with Crippen LogP contribution in [-0.4, -0.2) is 22.8 Å². The number of nitrogens with zero attached hydrogens (tertiary/aromatic N) is 1. The Morgan fingerprint density at radius 3 is 3.00 bits per heavy atom. The maximum atomic E-state index is 11.9. The molecule has 4 heteroatoms. The minimum atomic E-state index is -0.271. The van der Waals surface area contributed by atoms with Crippen molar-refractivity contribution in [2.75, 3.05) is 6.61 Å². The number of nitrogens with one attached hydrogen (secondary N) is 1. The summed E-state index contributed by atoms with van der Waals surface area (Å²) in [6.45, 7) is 2.24. The van der Waals surface area contributed by atoms with E-state index in [0.717, 1.165) is 17.9 Å². The Kier molecular flexibility index (Phi) is 3.58. The van der Waals surface area contributed by atoms with E-state index in [4.69, 9.17) is 4.74 Å². The topological polar surface area (TPSA) is 55.0 Å². The van der Waals surface area contributed by atoms with Gasteiger partial charge in [0, 0.05) is 17.2 Å². The van der Waals surface area contributed by atoms with Crippen LogP contribution in [0.5, 0.6) is 0 Å². The third kappa shape index (κ3) is 2.28. The number of rotatable bonds is 2. The molecule has 3 rings (SSSR count). The number of hydrogen-bond acceptors (Lipinski definition) is 3. The lowest BCUT2D eigenvalue weighted by Crippen LogP contribution is -2.20. The van der Waals surface area contributed by atoms with E-state index in [-0.39, 0.29) is 5.97 Å². The van der Waals surface area contributed by atoms with E-state index < -0.39 is 0 Å². The van der Waals surface area contributed by atoms with Crippen LogP contribution in [0.2, 0.25) is 0 Å². The molecule has 0 bridgehead atoms. The third-order valence-corrected chi connectivity index (χ3v) is 4.66. The highest BCUT2D eigenvalue weighted by atomic mass is 16.5. The molecule has 0 amide bonds. The molecule has 2 atom stereocenters. The zero-order chi connectivity index (χ0) is 13.2. The normalized spacial score (nSPS) is 26.2. The average Bonchev–Trinajstić information content (AvgIpc) is 2.70. The molecule has 2 aliphatic rings. The van der Waals surface area contributed by atoms with Crippen molar-refractivity contribution in [2.45, 2.75) is 57.8 Å². The van der Waals surface area contributed by atoms with Crippen molar-refractivity contribution in [3.8, 4) is 0 Å². The summed E-state index contributed by atoms with van der Waals surface area (Å²) >= 11 is 0. The first-order valence-electron chi connectivity index (χ1n) is 7.55. The molecular formula is C15H22N2O2. The van der Waals surface area contributed by atoms with E-state index in [2.05, 4.69) is 10.2 Å². The number of carbonyl (C=O) groups excluding carboxylic acids is 1. The summed E-state index contributed by atoms with van der Waals surface area (Å²) in [5.41, 5.74) is 2.88. The first-order chi connectivity index (χ1) is 9.31. The largest absolute Gasteiger partial charge is 0.461 e. The molecule has 1 N–H and O–H groups in total. The molecule has 19 heavy (non-hydrogen) atoms. The summed E-state index contributed by atoms with van der Waals surface area (Å²) in [5, 5.41) is 7.38. The standard InChI is InChI=1S/C15H22N2O2/c1-2-19-15(18)14-12-9-8-10-6-4-3-5-7-11(10)13(12)16-17-14/h10-11H,2-9H2,1H3,(H,16,17). The number of carbonyl (C=O) groups is 1. The van der Waals surface area contributed by atoms with E-state index in [1.165, 1.54) is 44.2 Å². The van der Waals surface area contributed by atoms with Crippen LogP contribution in [0.15, 0.2) is 0 Å². The Morgan fingerprint density at radius 2 is 2.16 bits per heavy atom. The number of H-pyrrole nitrogens is 1. The summed E-state index contributed by atoms with van der Waals surface area (Å²) in [6, 6.07) is 0. The fourth-order valence-corrected chi connectivity index (χ4v) is 3.75. The Balaban J connectivity index is 1.89. The van der Waals surface area contributed by atoms with Gasteiger partial charge in [0.05, 0.1) is 6.61 Å². The molecule has 2 unspecified atom stereocenters. The summed E-state index contributed by atoms with van der Waals surface area (Å²) < 4.78 is 5.09. The van der Waals surface area contributed by atoms with Crippen LogP contribution in [0.25, 0.3) is 0 Å². The van der Waals surface area contributed by atoms with E-state index >= 15 is 0 Å². The van der Waals surface area contributed by atoms with Gasteiger partial charge in [-0.05, 0) is 38.5 Å². The van der Waals surface area contributed by atoms with Crippen LogP contribution in [0.1, 0.15) is 73.1 Å². The lowest BCUT2D eigenvalue weighted by atomic mass is 9.75. The summed E-state index contributed by atoms with van der Waals surface area (Å²) in [6.07, 6.45) is 8.75. The lowest BCUT2D eigenvalue weighted by molar-refractivity contribution is 0.0518. The number of aromatic nitrogens is 2. The predicted octanol–water partition coefficient (Wildman–Crippen LogP) is 3.20. The SMILES string of the molecule is CCOC(=O)c1n[nH]c2c1CCC1CCCCCC21. The van der Waals surface area contributed by atoms with Gasteiger partial charge in [-0.25, -0.2) is 4.79 Å². The van der Waals surface area contributed by atoms with Gasteiger partial charge in [0.25, 0.3) is 0 Å². The number of aromatic amines is 1. The van der Waals surface area contributed by atoms with Crippen LogP contribution in [0.3, 0.4) is 0 Å². The number of ether oxygens (including phenoxy) is 1. The molecule has 2 aliphatic carbocycles. The van der Waals surface area contributed by atoms with Crippen LogP contribution in [0.4, 0.5) is 0 Å². The van der Waals surface area contributed by atoms with Crippen molar-refractivity contribution >= 4 is 5.97 Å². The summed E-state index contributed by atoms with van der Waals surface area (Å²) in [4.78, 5) is 11.9. The second-order valence-corrected chi connectivity index (χ2v) is 5.73. The highest BCUT2D eigenvalue weighted by Gasteiger charge is 2.35. The number of esters is 1. The second kappa shape index (κ2) is 5.35. The zero-order valence-electron chi connectivity index (χ0n) is 11.6. The highest BCUT2D eigenvalue weighted by Crippen LogP contribution is 2.43. The Morgan fingerprint density at radius 1 is 1.32 bits per heavy atom. The fourth-order valence-electron chi connectivity index (χ4n) is 3.75. The fraction of sp³-hybridized carbons (Fsp3) is 0.733. The van der Waals surface area contributed by atoms with Crippen LogP contribution in [-0.2, 0) is 11.2 Å². The predicted molar refractivity (Wildman–Crippen MR) is 72.2 cm³/mol. The van der Waals surface area contributed by atoms with Crippen molar-refractivity contribution in [1.82, 2.24) is 10.2 Å². The van der Waals surface area contributed by atoms with E-state index in [0.29, 0.717) is 18.2 Å². The van der Waals surface area contributed by atoms with Gasteiger partial charge in [0.2, 0.25) is 0 Å². The van der Waals surface area contributed by atoms with Crippen molar-refractivity contribution in [3.63, 3.8) is 0 Å². The van der Waals surface area contributed by atoms with Gasteiger partial charge in [-0.15, -0.1) is 0 Å². The van der Waals surface area contributed by atoms with Crippen molar-refractivity contribution < 1.29 is 9.53 Å². The van der Waals surface area contributed by atoms with Gasteiger partial charge in [-0.3, -0.25) is 5.10 Å². The molecule has 4 nitrogen and oxygen atoms in total. The summed E-state index contributed by atoms with van der Waals surface area (Å²) in [5.74, 6) is 1.10. The first-order valence-corrected chi connectivity index (χ1v) is 7.55. The molecule has 1 saturated carbocycles. The first kappa shape index (κ1) is 12.7. The van der Waals surface area contributed by atoms with Crippen LogP contribution >= 0.6 is 0 Å². The molecule has 1 heterocycles.